The molecule has 0 unspecified atom stereocenters. The van der Waals surface area contributed by atoms with Crippen molar-refractivity contribution in [1.82, 2.24) is 0 Å². The molecule has 126 valence electrons. The van der Waals surface area contributed by atoms with E-state index in [4.69, 9.17) is 20.6 Å². The van der Waals surface area contributed by atoms with E-state index in [0.717, 1.165) is 15.6 Å². The number of amidine groups is 1. The van der Waals surface area contributed by atoms with E-state index in [2.05, 4.69) is 15.9 Å². The Morgan fingerprint density at radius 3 is 2.88 bits per heavy atom. The van der Waals surface area contributed by atoms with Gasteiger partial charge >= 0.3 is 0 Å². The van der Waals surface area contributed by atoms with Crippen molar-refractivity contribution in [3.8, 4) is 17.2 Å². The van der Waals surface area contributed by atoms with Crippen molar-refractivity contribution in [3.05, 3.63) is 51.7 Å². The molecule has 0 fully saturated rings. The van der Waals surface area contributed by atoms with E-state index >= 15 is 0 Å². The highest BCUT2D eigenvalue weighted by atomic mass is 79.9. The monoisotopic (exact) mass is 410 g/mol. The van der Waals surface area contributed by atoms with Crippen molar-refractivity contribution >= 4 is 32.9 Å². The number of halogens is 2. The lowest BCUT2D eigenvalue weighted by atomic mass is 9.86. The van der Waals surface area contributed by atoms with Crippen molar-refractivity contribution in [2.24, 2.45) is 5.73 Å². The van der Waals surface area contributed by atoms with Gasteiger partial charge in [-0.05, 0) is 30.7 Å². The summed E-state index contributed by atoms with van der Waals surface area (Å²) in [6.07, 6.45) is 0.705. The third-order valence-electron chi connectivity index (χ3n) is 3.88. The zero-order valence-electron chi connectivity index (χ0n) is 12.9. The summed E-state index contributed by atoms with van der Waals surface area (Å²) in [6.45, 7) is 0. The largest absolute Gasteiger partial charge is 0.497 e. The summed E-state index contributed by atoms with van der Waals surface area (Å²) >= 11 is 4.75. The Labute approximate surface area is 152 Å². The average molecular weight is 411 g/mol. The van der Waals surface area contributed by atoms with Crippen molar-refractivity contribution in [2.45, 2.75) is 12.3 Å². The fourth-order valence-corrected chi connectivity index (χ4v) is 3.79. The van der Waals surface area contributed by atoms with Crippen LogP contribution in [0, 0.1) is 11.2 Å². The van der Waals surface area contributed by atoms with E-state index in [-0.39, 0.29) is 16.8 Å². The predicted molar refractivity (Wildman–Crippen MR) is 98.0 cm³/mol. The van der Waals surface area contributed by atoms with Crippen LogP contribution in [0.4, 0.5) is 4.39 Å². The van der Waals surface area contributed by atoms with Crippen molar-refractivity contribution in [2.75, 3.05) is 12.9 Å². The Balaban J connectivity index is 2.06. The summed E-state index contributed by atoms with van der Waals surface area (Å²) in [4.78, 5) is 0. The number of nitrogens with two attached hydrogens (primary N) is 1. The number of hydrogen-bond acceptors (Lipinski definition) is 4. The van der Waals surface area contributed by atoms with Crippen LogP contribution in [0.3, 0.4) is 0 Å². The second-order valence-electron chi connectivity index (χ2n) is 5.37. The van der Waals surface area contributed by atoms with Crippen molar-refractivity contribution < 1.29 is 13.9 Å². The second kappa shape index (κ2) is 7.03. The number of methoxy groups -OCH3 is 1. The smallest absolute Gasteiger partial charge is 0.169 e. The third-order valence-corrected chi connectivity index (χ3v) is 5.12. The van der Waals surface area contributed by atoms with Gasteiger partial charge in [-0.2, -0.15) is 0 Å². The third kappa shape index (κ3) is 3.37. The molecule has 1 heterocycles. The molecule has 1 aliphatic heterocycles. The fraction of sp³-hybridized carbons (Fsp3) is 0.235. The minimum absolute atomic E-state index is 0.0577. The minimum Gasteiger partial charge on any atom is -0.497 e. The molecule has 0 amide bonds. The Morgan fingerprint density at radius 2 is 2.17 bits per heavy atom. The van der Waals surface area contributed by atoms with E-state index in [1.807, 2.05) is 24.3 Å². The Morgan fingerprint density at radius 1 is 1.38 bits per heavy atom. The lowest BCUT2D eigenvalue weighted by Gasteiger charge is -2.29. The predicted octanol–water partition coefficient (Wildman–Crippen LogP) is 4.85. The molecule has 3 N–H and O–H groups in total. The molecular formula is C17H16BrFN2O2S. The molecule has 0 bridgehead atoms. The van der Waals surface area contributed by atoms with Gasteiger partial charge in [0.2, 0.25) is 0 Å². The molecule has 24 heavy (non-hydrogen) atoms. The summed E-state index contributed by atoms with van der Waals surface area (Å²) < 4.78 is 26.4. The number of ether oxygens (including phenoxy) is 2. The van der Waals surface area contributed by atoms with Crippen LogP contribution in [0.1, 0.15) is 23.5 Å². The summed E-state index contributed by atoms with van der Waals surface area (Å²) in [7, 11) is 1.51. The SMILES string of the molecule is COc1cc(F)c2c(c1)[C@H](CCSC(=N)N)c1cc(Br)ccc1O2. The molecule has 7 heteroatoms. The Hall–Kier alpha value is -1.73. The van der Waals surface area contributed by atoms with Crippen LogP contribution in [0.15, 0.2) is 34.8 Å². The maximum absolute atomic E-state index is 14.4. The number of benzene rings is 2. The first-order valence-electron chi connectivity index (χ1n) is 7.31. The Kier molecular flexibility index (Phi) is 5.01. The highest BCUT2D eigenvalue weighted by Gasteiger charge is 2.30. The van der Waals surface area contributed by atoms with Crippen molar-refractivity contribution in [1.29, 1.82) is 5.41 Å². The van der Waals surface area contributed by atoms with E-state index < -0.39 is 5.82 Å². The molecule has 0 saturated heterocycles. The van der Waals surface area contributed by atoms with Gasteiger partial charge < -0.3 is 15.2 Å². The van der Waals surface area contributed by atoms with Gasteiger partial charge in [-0.25, -0.2) is 4.39 Å². The van der Waals surface area contributed by atoms with E-state index in [0.29, 0.717) is 23.7 Å². The molecule has 1 atom stereocenters. The van der Waals surface area contributed by atoms with Crippen LogP contribution in [0.25, 0.3) is 0 Å². The van der Waals surface area contributed by atoms with Crippen molar-refractivity contribution in [3.63, 3.8) is 0 Å². The quantitative estimate of drug-likeness (QED) is 0.558. The molecular weight excluding hydrogens is 395 g/mol. The minimum atomic E-state index is -0.442. The average Bonchev–Trinajstić information content (AvgIpc) is 2.54. The van der Waals surface area contributed by atoms with Crippen LogP contribution in [0.5, 0.6) is 17.2 Å². The van der Waals surface area contributed by atoms with Gasteiger partial charge in [-0.1, -0.05) is 27.7 Å². The zero-order valence-corrected chi connectivity index (χ0v) is 15.3. The second-order valence-corrected chi connectivity index (χ2v) is 7.42. The highest BCUT2D eigenvalue weighted by molar-refractivity contribution is 9.10. The number of fused-ring (bicyclic) bond motifs is 2. The lowest BCUT2D eigenvalue weighted by Crippen LogP contribution is -2.14. The Bertz CT molecular complexity index is 800. The van der Waals surface area contributed by atoms with Gasteiger partial charge in [0, 0.05) is 33.3 Å². The van der Waals surface area contributed by atoms with Gasteiger partial charge in [0.15, 0.2) is 16.7 Å². The molecule has 0 saturated carbocycles. The van der Waals surface area contributed by atoms with Gasteiger partial charge in [0.25, 0.3) is 0 Å². The van der Waals surface area contributed by atoms with E-state index in [1.54, 1.807) is 0 Å². The lowest BCUT2D eigenvalue weighted by molar-refractivity contribution is 0.388. The van der Waals surface area contributed by atoms with Crippen LogP contribution in [0.2, 0.25) is 0 Å². The van der Waals surface area contributed by atoms with Crippen LogP contribution >= 0.6 is 27.7 Å². The van der Waals surface area contributed by atoms with Gasteiger partial charge in [0.05, 0.1) is 7.11 Å². The van der Waals surface area contributed by atoms with E-state index in [1.165, 1.54) is 24.9 Å². The summed E-state index contributed by atoms with van der Waals surface area (Å²) in [5.74, 6) is 1.50. The van der Waals surface area contributed by atoms with Gasteiger partial charge in [-0.3, -0.25) is 5.41 Å². The zero-order chi connectivity index (χ0) is 17.3. The first-order valence-corrected chi connectivity index (χ1v) is 9.09. The first kappa shape index (κ1) is 17.1. The van der Waals surface area contributed by atoms with Gasteiger partial charge in [-0.15, -0.1) is 0 Å². The standard InChI is InChI=1S/C17H16BrFN2O2S/c1-22-10-7-13-11(4-5-24-17(20)21)12-6-9(18)2-3-15(12)23-16(13)14(19)8-10/h2-3,6-8,11H,4-5H2,1H3,(H3,20,21)/t11-/m1/s1. The molecule has 0 aromatic heterocycles. The topological polar surface area (TPSA) is 68.3 Å². The molecule has 2 aromatic rings. The molecule has 0 radical (unpaired) electrons. The van der Waals surface area contributed by atoms with Gasteiger partial charge in [0.1, 0.15) is 11.5 Å². The van der Waals surface area contributed by atoms with E-state index in [9.17, 15) is 4.39 Å². The van der Waals surface area contributed by atoms with Crippen LogP contribution < -0.4 is 15.2 Å². The molecule has 0 aliphatic carbocycles. The molecule has 1 aliphatic rings. The molecule has 2 aromatic carbocycles. The fourth-order valence-electron chi connectivity index (χ4n) is 2.83. The normalized spacial score (nSPS) is 15.2. The first-order chi connectivity index (χ1) is 11.5. The number of thioether (sulfide) groups is 1. The summed E-state index contributed by atoms with van der Waals surface area (Å²) in [5.41, 5.74) is 7.16. The number of nitrogens with one attached hydrogen (secondary N) is 1. The highest BCUT2D eigenvalue weighted by Crippen LogP contribution is 2.49. The maximum Gasteiger partial charge on any atom is 0.169 e. The number of rotatable bonds is 4. The summed E-state index contributed by atoms with van der Waals surface area (Å²) in [6, 6.07) is 8.82. The maximum atomic E-state index is 14.4. The molecule has 3 rings (SSSR count). The van der Waals surface area contributed by atoms with Crippen LogP contribution in [-0.2, 0) is 0 Å². The molecule has 4 nitrogen and oxygen atoms in total. The van der Waals surface area contributed by atoms with Crippen LogP contribution in [-0.4, -0.2) is 18.0 Å². The number of hydrogen-bond donors (Lipinski definition) is 2. The summed E-state index contributed by atoms with van der Waals surface area (Å²) in [5, 5.41) is 7.44. The molecule has 0 spiro atoms.